The summed E-state index contributed by atoms with van der Waals surface area (Å²) >= 11 is 0. The summed E-state index contributed by atoms with van der Waals surface area (Å²) in [6, 6.07) is 6.88. The van der Waals surface area contributed by atoms with Crippen LogP contribution in [0, 0.1) is 5.92 Å². The fourth-order valence-corrected chi connectivity index (χ4v) is 2.97. The molecule has 1 aliphatic heterocycles. The summed E-state index contributed by atoms with van der Waals surface area (Å²) in [5.74, 6) is -1.95. The van der Waals surface area contributed by atoms with E-state index in [0.29, 0.717) is 24.0 Å². The van der Waals surface area contributed by atoms with Gasteiger partial charge in [0.05, 0.1) is 17.0 Å². The van der Waals surface area contributed by atoms with Gasteiger partial charge >= 0.3 is 11.9 Å². The number of aromatic nitrogens is 2. The number of amides is 1. The molecule has 8 heteroatoms. The van der Waals surface area contributed by atoms with Crippen LogP contribution < -0.4 is 5.69 Å². The summed E-state index contributed by atoms with van der Waals surface area (Å²) in [6.45, 7) is -0.296. The Morgan fingerprint density at radius 1 is 1.30 bits per heavy atom. The SMILES string of the molecule is O=C(Cn1c(=O)[nH]c2ccccc21)N1CCC[C@H](C(F)(F)F)C1. The average Bonchev–Trinajstić information content (AvgIpc) is 2.83. The number of nitrogens with zero attached hydrogens (tertiary/aromatic N) is 2. The lowest BCUT2D eigenvalue weighted by Gasteiger charge is -2.33. The van der Waals surface area contributed by atoms with E-state index in [1.165, 1.54) is 9.47 Å². The van der Waals surface area contributed by atoms with Gasteiger partial charge in [0.2, 0.25) is 5.91 Å². The van der Waals surface area contributed by atoms with Crippen molar-refractivity contribution >= 4 is 16.9 Å². The van der Waals surface area contributed by atoms with Crippen LogP contribution in [0.3, 0.4) is 0 Å². The van der Waals surface area contributed by atoms with Gasteiger partial charge in [-0.2, -0.15) is 13.2 Å². The number of piperidine rings is 1. The van der Waals surface area contributed by atoms with Gasteiger partial charge in [0.25, 0.3) is 0 Å². The molecule has 1 saturated heterocycles. The van der Waals surface area contributed by atoms with Crippen LogP contribution in [0.5, 0.6) is 0 Å². The fraction of sp³-hybridized carbons (Fsp3) is 0.467. The van der Waals surface area contributed by atoms with Crippen molar-refractivity contribution in [3.63, 3.8) is 0 Å². The molecule has 5 nitrogen and oxygen atoms in total. The second-order valence-corrected chi connectivity index (χ2v) is 5.75. The Labute approximate surface area is 129 Å². The molecule has 0 spiro atoms. The molecule has 1 fully saturated rings. The van der Waals surface area contributed by atoms with Gasteiger partial charge in [-0.05, 0) is 25.0 Å². The highest BCUT2D eigenvalue weighted by atomic mass is 19.4. The average molecular weight is 327 g/mol. The number of halogens is 3. The van der Waals surface area contributed by atoms with E-state index < -0.39 is 23.7 Å². The van der Waals surface area contributed by atoms with E-state index in [9.17, 15) is 22.8 Å². The summed E-state index contributed by atoms with van der Waals surface area (Å²) in [6.07, 6.45) is -3.93. The maximum Gasteiger partial charge on any atom is 0.393 e. The Kier molecular flexibility index (Phi) is 3.91. The van der Waals surface area contributed by atoms with Gasteiger partial charge in [-0.3, -0.25) is 9.36 Å². The monoisotopic (exact) mass is 327 g/mol. The van der Waals surface area contributed by atoms with Crippen molar-refractivity contribution in [3.05, 3.63) is 34.7 Å². The fourth-order valence-electron chi connectivity index (χ4n) is 2.97. The van der Waals surface area contributed by atoms with E-state index in [4.69, 9.17) is 0 Å². The molecular weight excluding hydrogens is 311 g/mol. The molecule has 1 atom stereocenters. The van der Waals surface area contributed by atoms with Gasteiger partial charge in [-0.1, -0.05) is 12.1 Å². The molecule has 0 unspecified atom stereocenters. The third-order valence-electron chi connectivity index (χ3n) is 4.21. The number of rotatable bonds is 2. The zero-order chi connectivity index (χ0) is 16.6. The highest BCUT2D eigenvalue weighted by molar-refractivity contribution is 5.80. The van der Waals surface area contributed by atoms with Crippen LogP contribution in [0.4, 0.5) is 13.2 Å². The van der Waals surface area contributed by atoms with E-state index in [1.54, 1.807) is 24.3 Å². The zero-order valence-corrected chi connectivity index (χ0v) is 12.3. The molecule has 23 heavy (non-hydrogen) atoms. The predicted octanol–water partition coefficient (Wildman–Crippen LogP) is 2.13. The molecule has 0 bridgehead atoms. The van der Waals surface area contributed by atoms with Gasteiger partial charge < -0.3 is 9.88 Å². The van der Waals surface area contributed by atoms with Crippen molar-refractivity contribution in [1.29, 1.82) is 0 Å². The van der Waals surface area contributed by atoms with Crippen molar-refractivity contribution in [2.24, 2.45) is 5.92 Å². The number of imidazole rings is 1. The first kappa shape index (κ1) is 15.6. The maximum absolute atomic E-state index is 12.8. The lowest BCUT2D eigenvalue weighted by molar-refractivity contribution is -0.188. The van der Waals surface area contributed by atoms with Crippen LogP contribution in [-0.4, -0.2) is 39.6 Å². The van der Waals surface area contributed by atoms with E-state index in [1.807, 2.05) is 0 Å². The van der Waals surface area contributed by atoms with Gasteiger partial charge in [0.1, 0.15) is 6.54 Å². The second kappa shape index (κ2) is 5.75. The molecule has 2 aromatic rings. The molecule has 1 N–H and O–H groups in total. The van der Waals surface area contributed by atoms with Crippen molar-refractivity contribution in [2.75, 3.05) is 13.1 Å². The Bertz CT molecular complexity index is 778. The van der Waals surface area contributed by atoms with E-state index in [0.717, 1.165) is 0 Å². The first-order valence-corrected chi connectivity index (χ1v) is 7.38. The first-order valence-electron chi connectivity index (χ1n) is 7.38. The van der Waals surface area contributed by atoms with Crippen LogP contribution in [-0.2, 0) is 11.3 Å². The van der Waals surface area contributed by atoms with Crippen LogP contribution in [0.25, 0.3) is 11.0 Å². The van der Waals surface area contributed by atoms with Crippen LogP contribution in [0.1, 0.15) is 12.8 Å². The highest BCUT2D eigenvalue weighted by Gasteiger charge is 2.42. The molecule has 0 saturated carbocycles. The van der Waals surface area contributed by atoms with Crippen molar-refractivity contribution in [3.8, 4) is 0 Å². The minimum Gasteiger partial charge on any atom is -0.341 e. The number of nitrogens with one attached hydrogen (secondary N) is 1. The smallest absolute Gasteiger partial charge is 0.341 e. The third-order valence-corrected chi connectivity index (χ3v) is 4.21. The van der Waals surface area contributed by atoms with Crippen LogP contribution in [0.15, 0.2) is 29.1 Å². The molecule has 0 aliphatic carbocycles. The molecule has 0 radical (unpaired) electrons. The largest absolute Gasteiger partial charge is 0.393 e. The van der Waals surface area contributed by atoms with Crippen LogP contribution >= 0.6 is 0 Å². The standard InChI is InChI=1S/C15H16F3N3O2/c16-15(17,18)10-4-3-7-20(8-10)13(22)9-21-12-6-2-1-5-11(12)19-14(21)23/h1-2,5-6,10H,3-4,7-9H2,(H,19,23)/t10-/m0/s1. The Morgan fingerprint density at radius 3 is 2.78 bits per heavy atom. The Hall–Kier alpha value is -2.25. The molecular formula is C15H16F3N3O2. The molecule has 1 aromatic carbocycles. The number of hydrogen-bond donors (Lipinski definition) is 1. The van der Waals surface area contributed by atoms with E-state index in [2.05, 4.69) is 4.98 Å². The summed E-state index contributed by atoms with van der Waals surface area (Å²) in [7, 11) is 0. The molecule has 1 amide bonds. The molecule has 2 heterocycles. The number of hydrogen-bond acceptors (Lipinski definition) is 2. The van der Waals surface area contributed by atoms with Gasteiger partial charge in [0.15, 0.2) is 0 Å². The van der Waals surface area contributed by atoms with Crippen LogP contribution in [0.2, 0.25) is 0 Å². The highest BCUT2D eigenvalue weighted by Crippen LogP contribution is 2.33. The van der Waals surface area contributed by atoms with E-state index >= 15 is 0 Å². The lowest BCUT2D eigenvalue weighted by Crippen LogP contribution is -2.46. The minimum atomic E-state index is -4.30. The maximum atomic E-state index is 12.8. The number of carbonyl (C=O) groups is 1. The van der Waals surface area contributed by atoms with Gasteiger partial charge in [0, 0.05) is 13.1 Å². The van der Waals surface area contributed by atoms with E-state index in [-0.39, 0.29) is 19.5 Å². The number of aromatic amines is 1. The molecule has 1 aliphatic rings. The number of alkyl halides is 3. The number of benzene rings is 1. The quantitative estimate of drug-likeness (QED) is 0.919. The summed E-state index contributed by atoms with van der Waals surface area (Å²) in [5.41, 5.74) is 0.719. The number of carbonyl (C=O) groups excluding carboxylic acids is 1. The topological polar surface area (TPSA) is 58.1 Å². The minimum absolute atomic E-state index is 0.0420. The number of para-hydroxylation sites is 2. The van der Waals surface area contributed by atoms with Crippen molar-refractivity contribution in [1.82, 2.24) is 14.5 Å². The van der Waals surface area contributed by atoms with Gasteiger partial charge in [-0.15, -0.1) is 0 Å². The summed E-state index contributed by atoms with van der Waals surface area (Å²) in [5, 5.41) is 0. The molecule has 124 valence electrons. The lowest BCUT2D eigenvalue weighted by atomic mass is 9.97. The molecule has 3 rings (SSSR count). The number of fused-ring (bicyclic) bond motifs is 1. The Balaban J connectivity index is 1.78. The third kappa shape index (κ3) is 3.11. The predicted molar refractivity (Wildman–Crippen MR) is 77.9 cm³/mol. The number of H-pyrrole nitrogens is 1. The summed E-state index contributed by atoms with van der Waals surface area (Å²) < 4.78 is 39.7. The number of likely N-dealkylation sites (tertiary alicyclic amines) is 1. The summed E-state index contributed by atoms with van der Waals surface area (Å²) in [4.78, 5) is 28.1. The molecule has 1 aromatic heterocycles. The van der Waals surface area contributed by atoms with Gasteiger partial charge in [-0.25, -0.2) is 4.79 Å². The second-order valence-electron chi connectivity index (χ2n) is 5.75. The first-order chi connectivity index (χ1) is 10.9. The zero-order valence-electron chi connectivity index (χ0n) is 12.3. The van der Waals surface area contributed by atoms with Crippen molar-refractivity contribution in [2.45, 2.75) is 25.6 Å². The normalized spacial score (nSPS) is 19.3. The van der Waals surface area contributed by atoms with Crippen molar-refractivity contribution < 1.29 is 18.0 Å². The Morgan fingerprint density at radius 2 is 2.04 bits per heavy atom.